The van der Waals surface area contributed by atoms with Crippen LogP contribution in [0.15, 0.2) is 18.2 Å². The van der Waals surface area contributed by atoms with E-state index < -0.39 is 0 Å². The van der Waals surface area contributed by atoms with E-state index in [0.717, 1.165) is 5.92 Å². The summed E-state index contributed by atoms with van der Waals surface area (Å²) in [6, 6.07) is 6.88. The van der Waals surface area contributed by atoms with Crippen LogP contribution in [0.3, 0.4) is 0 Å². The van der Waals surface area contributed by atoms with Crippen molar-refractivity contribution < 1.29 is 0 Å². The molecule has 16 heavy (non-hydrogen) atoms. The van der Waals surface area contributed by atoms with Gasteiger partial charge in [-0.25, -0.2) is 0 Å². The fraction of sp³-hybridized carbons (Fsp3) is 0.600. The fourth-order valence-corrected chi connectivity index (χ4v) is 2.95. The third-order valence-corrected chi connectivity index (χ3v) is 3.90. The number of rotatable bonds is 3. The second-order valence-corrected chi connectivity index (χ2v) is 4.89. The van der Waals surface area contributed by atoms with Crippen molar-refractivity contribution in [3.05, 3.63) is 29.3 Å². The van der Waals surface area contributed by atoms with E-state index in [2.05, 4.69) is 44.0 Å². The van der Waals surface area contributed by atoms with E-state index in [1.165, 1.54) is 37.9 Å². The summed E-state index contributed by atoms with van der Waals surface area (Å²) in [5.41, 5.74) is 4.66. The van der Waals surface area contributed by atoms with Gasteiger partial charge in [-0.2, -0.15) is 0 Å². The maximum absolute atomic E-state index is 2.45. The minimum Gasteiger partial charge on any atom is -0.374 e. The van der Waals surface area contributed by atoms with Crippen LogP contribution in [0, 0.1) is 0 Å². The molecule has 0 spiro atoms. The van der Waals surface area contributed by atoms with Crippen molar-refractivity contribution in [1.82, 2.24) is 0 Å². The van der Waals surface area contributed by atoms with Gasteiger partial charge in [0.1, 0.15) is 0 Å². The van der Waals surface area contributed by atoms with Crippen LogP contribution in [0.1, 0.15) is 50.2 Å². The first-order valence-electron chi connectivity index (χ1n) is 6.60. The number of fused-ring (bicyclic) bond motifs is 1. The van der Waals surface area contributed by atoms with Gasteiger partial charge in [0.15, 0.2) is 0 Å². The van der Waals surface area contributed by atoms with Gasteiger partial charge in [0.05, 0.1) is 0 Å². The van der Waals surface area contributed by atoms with Crippen LogP contribution in [0.2, 0.25) is 0 Å². The number of benzene rings is 1. The molecule has 0 radical (unpaired) electrons. The number of anilines is 1. The van der Waals surface area contributed by atoms with Crippen LogP contribution in [-0.4, -0.2) is 13.6 Å². The number of hydrogen-bond donors (Lipinski definition) is 0. The SMILES string of the molecule is CCC(CC)c1cccc2c1N(C)CCC2. The minimum absolute atomic E-state index is 0.732. The second kappa shape index (κ2) is 4.90. The Bertz CT molecular complexity index is 352. The molecule has 0 N–H and O–H groups in total. The lowest BCUT2D eigenvalue weighted by molar-refractivity contribution is 0.632. The van der Waals surface area contributed by atoms with Crippen LogP contribution < -0.4 is 4.90 Å². The molecule has 1 heteroatoms. The molecule has 88 valence electrons. The molecule has 0 unspecified atom stereocenters. The molecule has 1 aromatic rings. The van der Waals surface area contributed by atoms with Crippen molar-refractivity contribution >= 4 is 5.69 Å². The smallest absolute Gasteiger partial charge is 0.0431 e. The highest BCUT2D eigenvalue weighted by molar-refractivity contribution is 5.62. The summed E-state index contributed by atoms with van der Waals surface area (Å²) >= 11 is 0. The van der Waals surface area contributed by atoms with Crippen LogP contribution in [0.5, 0.6) is 0 Å². The average Bonchev–Trinajstić information content (AvgIpc) is 2.31. The van der Waals surface area contributed by atoms with Gasteiger partial charge in [-0.05, 0) is 42.7 Å². The highest BCUT2D eigenvalue weighted by Gasteiger charge is 2.20. The van der Waals surface area contributed by atoms with Gasteiger partial charge in [0.25, 0.3) is 0 Å². The van der Waals surface area contributed by atoms with Gasteiger partial charge in [0, 0.05) is 19.3 Å². The van der Waals surface area contributed by atoms with Gasteiger partial charge in [-0.1, -0.05) is 32.0 Å². The predicted molar refractivity (Wildman–Crippen MR) is 71.4 cm³/mol. The van der Waals surface area contributed by atoms with E-state index >= 15 is 0 Å². The van der Waals surface area contributed by atoms with Gasteiger partial charge < -0.3 is 4.90 Å². The first-order valence-corrected chi connectivity index (χ1v) is 6.60. The van der Waals surface area contributed by atoms with E-state index in [-0.39, 0.29) is 0 Å². The molecule has 0 atom stereocenters. The lowest BCUT2D eigenvalue weighted by Gasteiger charge is -2.32. The minimum atomic E-state index is 0.732. The summed E-state index contributed by atoms with van der Waals surface area (Å²) in [7, 11) is 2.24. The van der Waals surface area contributed by atoms with Gasteiger partial charge in [-0.3, -0.25) is 0 Å². The Morgan fingerprint density at radius 1 is 1.25 bits per heavy atom. The molecule has 1 heterocycles. The maximum Gasteiger partial charge on any atom is 0.0431 e. The van der Waals surface area contributed by atoms with Crippen molar-refractivity contribution in [1.29, 1.82) is 0 Å². The zero-order valence-electron chi connectivity index (χ0n) is 10.8. The van der Waals surface area contributed by atoms with Crippen molar-refractivity contribution in [3.8, 4) is 0 Å². The molecule has 1 aromatic carbocycles. The molecule has 2 rings (SSSR count). The lowest BCUT2D eigenvalue weighted by atomic mass is 9.88. The van der Waals surface area contributed by atoms with Crippen LogP contribution >= 0.6 is 0 Å². The topological polar surface area (TPSA) is 3.24 Å². The summed E-state index contributed by atoms with van der Waals surface area (Å²) in [5, 5.41) is 0. The third-order valence-electron chi connectivity index (χ3n) is 3.90. The molecular weight excluding hydrogens is 194 g/mol. The number of hydrogen-bond acceptors (Lipinski definition) is 1. The Kier molecular flexibility index (Phi) is 3.52. The molecule has 1 nitrogen and oxygen atoms in total. The Morgan fingerprint density at radius 2 is 2.00 bits per heavy atom. The van der Waals surface area contributed by atoms with E-state index in [1.54, 1.807) is 11.1 Å². The van der Waals surface area contributed by atoms with E-state index in [9.17, 15) is 0 Å². The summed E-state index contributed by atoms with van der Waals surface area (Å²) in [5.74, 6) is 0.732. The lowest BCUT2D eigenvalue weighted by Crippen LogP contribution is -2.26. The Balaban J connectivity index is 2.45. The largest absolute Gasteiger partial charge is 0.374 e. The normalized spacial score (nSPS) is 15.4. The Morgan fingerprint density at radius 3 is 2.69 bits per heavy atom. The number of para-hydroxylation sites is 1. The summed E-state index contributed by atoms with van der Waals surface area (Å²) < 4.78 is 0. The maximum atomic E-state index is 2.45. The number of nitrogens with zero attached hydrogens (tertiary/aromatic N) is 1. The van der Waals surface area contributed by atoms with E-state index in [4.69, 9.17) is 0 Å². The summed E-state index contributed by atoms with van der Waals surface area (Å²) in [4.78, 5) is 2.45. The van der Waals surface area contributed by atoms with Gasteiger partial charge in [-0.15, -0.1) is 0 Å². The molecule has 0 aliphatic carbocycles. The van der Waals surface area contributed by atoms with E-state index in [0.29, 0.717) is 0 Å². The van der Waals surface area contributed by atoms with E-state index in [1.807, 2.05) is 0 Å². The van der Waals surface area contributed by atoms with Crippen LogP contribution in [0.25, 0.3) is 0 Å². The Hall–Kier alpha value is -0.980. The van der Waals surface area contributed by atoms with Crippen LogP contribution in [-0.2, 0) is 6.42 Å². The first kappa shape index (κ1) is 11.5. The molecule has 0 fully saturated rings. The molecule has 0 saturated carbocycles. The number of aryl methyl sites for hydroxylation is 1. The summed E-state index contributed by atoms with van der Waals surface area (Å²) in [6.45, 7) is 5.82. The van der Waals surface area contributed by atoms with Crippen molar-refractivity contribution in [2.75, 3.05) is 18.5 Å². The average molecular weight is 217 g/mol. The fourth-order valence-electron chi connectivity index (χ4n) is 2.95. The monoisotopic (exact) mass is 217 g/mol. The third kappa shape index (κ3) is 1.95. The molecular formula is C15H23N. The molecule has 1 aliphatic rings. The van der Waals surface area contributed by atoms with Gasteiger partial charge >= 0.3 is 0 Å². The predicted octanol–water partition coefficient (Wildman–Crippen LogP) is 3.97. The summed E-state index contributed by atoms with van der Waals surface area (Å²) in [6.07, 6.45) is 5.06. The van der Waals surface area contributed by atoms with Crippen molar-refractivity contribution in [3.63, 3.8) is 0 Å². The highest BCUT2D eigenvalue weighted by Crippen LogP contribution is 2.36. The standard InChI is InChI=1S/C15H23N/c1-4-12(5-2)14-10-6-8-13-9-7-11-16(3)15(13)14/h6,8,10,12H,4-5,7,9,11H2,1-3H3. The molecule has 0 bridgehead atoms. The van der Waals surface area contributed by atoms with Crippen molar-refractivity contribution in [2.24, 2.45) is 0 Å². The molecule has 0 aromatic heterocycles. The van der Waals surface area contributed by atoms with Crippen LogP contribution in [0.4, 0.5) is 5.69 Å². The quantitative estimate of drug-likeness (QED) is 0.740. The Labute approximate surface area is 99.5 Å². The molecule has 0 amide bonds. The zero-order valence-corrected chi connectivity index (χ0v) is 10.8. The van der Waals surface area contributed by atoms with Gasteiger partial charge in [0.2, 0.25) is 0 Å². The molecule has 0 saturated heterocycles. The molecule has 1 aliphatic heterocycles. The van der Waals surface area contributed by atoms with Crippen molar-refractivity contribution in [2.45, 2.75) is 45.4 Å². The highest BCUT2D eigenvalue weighted by atomic mass is 15.1. The second-order valence-electron chi connectivity index (χ2n) is 4.89. The zero-order chi connectivity index (χ0) is 11.5. The first-order chi connectivity index (χ1) is 7.77.